The van der Waals surface area contributed by atoms with E-state index in [1.807, 2.05) is 13.8 Å². The maximum Gasteiger partial charge on any atom is 0.337 e. The molecule has 0 fully saturated rings. The lowest BCUT2D eigenvalue weighted by Crippen LogP contribution is -2.08. The first-order valence-electron chi connectivity index (χ1n) is 5.16. The van der Waals surface area contributed by atoms with Gasteiger partial charge in [0.2, 0.25) is 0 Å². The van der Waals surface area contributed by atoms with Crippen LogP contribution in [-0.4, -0.2) is 17.2 Å². The smallest absolute Gasteiger partial charge is 0.337 e. The number of carboxylic acid groups (broad SMARTS) is 1. The highest BCUT2D eigenvalue weighted by Gasteiger charge is 2.12. The Kier molecular flexibility index (Phi) is 3.90. The van der Waals surface area contributed by atoms with Gasteiger partial charge in [0.05, 0.1) is 18.3 Å². The largest absolute Gasteiger partial charge is 0.478 e. The summed E-state index contributed by atoms with van der Waals surface area (Å²) in [6.45, 7) is 6.16. The average molecular weight is 223 g/mol. The molecule has 0 aliphatic heterocycles. The van der Waals surface area contributed by atoms with Crippen LogP contribution in [0.5, 0.6) is 0 Å². The molecule has 0 amide bonds. The summed E-state index contributed by atoms with van der Waals surface area (Å²) in [5.41, 5.74) is 7.92. The quantitative estimate of drug-likeness (QED) is 0.767. The monoisotopic (exact) mass is 223 g/mol. The molecule has 0 aliphatic rings. The number of hydrogen-bond donors (Lipinski definition) is 2. The Labute approximate surface area is 95.0 Å². The number of hydrogen-bond acceptors (Lipinski definition) is 3. The van der Waals surface area contributed by atoms with Crippen LogP contribution in [0.25, 0.3) is 0 Å². The van der Waals surface area contributed by atoms with Crippen LogP contribution in [0.3, 0.4) is 0 Å². The van der Waals surface area contributed by atoms with E-state index in [0.29, 0.717) is 12.3 Å². The van der Waals surface area contributed by atoms with Gasteiger partial charge in [-0.25, -0.2) is 4.79 Å². The lowest BCUT2D eigenvalue weighted by Gasteiger charge is -2.13. The Balaban J connectivity index is 2.98. The number of anilines is 1. The minimum absolute atomic E-state index is 0.139. The second-order valence-corrected chi connectivity index (χ2v) is 3.98. The summed E-state index contributed by atoms with van der Waals surface area (Å²) >= 11 is 0. The number of nitrogen functional groups attached to an aromatic ring is 1. The molecule has 0 unspecified atom stereocenters. The molecule has 0 bridgehead atoms. The van der Waals surface area contributed by atoms with Crippen molar-refractivity contribution in [2.24, 2.45) is 0 Å². The van der Waals surface area contributed by atoms with Crippen molar-refractivity contribution in [1.29, 1.82) is 0 Å². The second-order valence-electron chi connectivity index (χ2n) is 3.98. The van der Waals surface area contributed by atoms with Crippen molar-refractivity contribution >= 4 is 11.7 Å². The van der Waals surface area contributed by atoms with Crippen LogP contribution in [0.1, 0.15) is 35.3 Å². The van der Waals surface area contributed by atoms with Gasteiger partial charge in [-0.3, -0.25) is 0 Å². The third-order valence-corrected chi connectivity index (χ3v) is 2.43. The molecule has 0 heterocycles. The van der Waals surface area contributed by atoms with Crippen LogP contribution in [0.2, 0.25) is 0 Å². The minimum atomic E-state index is -1.00. The SMILES string of the molecule is Cc1c(COC(C)C)ccc(C(=O)O)c1N. The van der Waals surface area contributed by atoms with Gasteiger partial charge in [-0.2, -0.15) is 0 Å². The zero-order valence-corrected chi connectivity index (χ0v) is 9.78. The molecular formula is C12H17NO3. The molecule has 0 saturated heterocycles. The van der Waals surface area contributed by atoms with Crippen molar-refractivity contribution in [2.45, 2.75) is 33.5 Å². The van der Waals surface area contributed by atoms with Gasteiger partial charge in [-0.15, -0.1) is 0 Å². The van der Waals surface area contributed by atoms with Gasteiger partial charge in [0.1, 0.15) is 0 Å². The van der Waals surface area contributed by atoms with Gasteiger partial charge in [0.15, 0.2) is 0 Å². The van der Waals surface area contributed by atoms with E-state index in [9.17, 15) is 4.79 Å². The van der Waals surface area contributed by atoms with Gasteiger partial charge in [-0.1, -0.05) is 6.07 Å². The van der Waals surface area contributed by atoms with Crippen LogP contribution in [0, 0.1) is 6.92 Å². The summed E-state index contributed by atoms with van der Waals surface area (Å²) in [7, 11) is 0. The normalized spacial score (nSPS) is 10.8. The van der Waals surface area contributed by atoms with Crippen LogP contribution >= 0.6 is 0 Å². The molecule has 0 radical (unpaired) electrons. The van der Waals surface area contributed by atoms with Crippen LogP contribution in [0.4, 0.5) is 5.69 Å². The Hall–Kier alpha value is -1.55. The zero-order valence-electron chi connectivity index (χ0n) is 9.78. The molecule has 4 heteroatoms. The molecule has 16 heavy (non-hydrogen) atoms. The first kappa shape index (κ1) is 12.5. The molecule has 4 nitrogen and oxygen atoms in total. The number of benzene rings is 1. The van der Waals surface area contributed by atoms with Gasteiger partial charge >= 0.3 is 5.97 Å². The molecule has 1 aromatic carbocycles. The standard InChI is InChI=1S/C12H17NO3/c1-7(2)16-6-9-4-5-10(12(14)15)11(13)8(9)3/h4-5,7H,6,13H2,1-3H3,(H,14,15). The maximum absolute atomic E-state index is 10.8. The number of carbonyl (C=O) groups is 1. The molecule has 0 spiro atoms. The first-order valence-corrected chi connectivity index (χ1v) is 5.16. The summed E-state index contributed by atoms with van der Waals surface area (Å²) in [5.74, 6) is -1.00. The third-order valence-electron chi connectivity index (χ3n) is 2.43. The highest BCUT2D eigenvalue weighted by Crippen LogP contribution is 2.22. The average Bonchev–Trinajstić information content (AvgIpc) is 2.19. The minimum Gasteiger partial charge on any atom is -0.478 e. The van der Waals surface area contributed by atoms with Crippen LogP contribution in [-0.2, 0) is 11.3 Å². The van der Waals surface area contributed by atoms with Crippen molar-refractivity contribution in [2.75, 3.05) is 5.73 Å². The van der Waals surface area contributed by atoms with Crippen molar-refractivity contribution in [3.05, 3.63) is 28.8 Å². The van der Waals surface area contributed by atoms with Crippen molar-refractivity contribution in [3.8, 4) is 0 Å². The predicted molar refractivity (Wildman–Crippen MR) is 62.5 cm³/mol. The van der Waals surface area contributed by atoms with Gasteiger partial charge in [0.25, 0.3) is 0 Å². The summed E-state index contributed by atoms with van der Waals surface area (Å²) in [4.78, 5) is 10.8. The Bertz CT molecular complexity index is 399. The highest BCUT2D eigenvalue weighted by atomic mass is 16.5. The van der Waals surface area contributed by atoms with Crippen LogP contribution < -0.4 is 5.73 Å². The second kappa shape index (κ2) is 4.99. The van der Waals surface area contributed by atoms with Gasteiger partial charge < -0.3 is 15.6 Å². The predicted octanol–water partition coefficient (Wildman–Crippen LogP) is 2.20. The number of nitrogens with two attached hydrogens (primary N) is 1. The fourth-order valence-electron chi connectivity index (χ4n) is 1.37. The molecular weight excluding hydrogens is 206 g/mol. The summed E-state index contributed by atoms with van der Waals surface area (Å²) in [5, 5.41) is 8.89. The molecule has 0 atom stereocenters. The van der Waals surface area contributed by atoms with E-state index < -0.39 is 5.97 Å². The fraction of sp³-hybridized carbons (Fsp3) is 0.417. The fourth-order valence-corrected chi connectivity index (χ4v) is 1.37. The molecule has 0 aliphatic carbocycles. The number of aromatic carboxylic acids is 1. The summed E-state index contributed by atoms with van der Waals surface area (Å²) in [6.07, 6.45) is 0.139. The van der Waals surface area contributed by atoms with Crippen molar-refractivity contribution in [3.63, 3.8) is 0 Å². The van der Waals surface area contributed by atoms with Gasteiger partial charge in [0, 0.05) is 5.69 Å². The first-order chi connectivity index (χ1) is 7.43. The summed E-state index contributed by atoms with van der Waals surface area (Å²) < 4.78 is 5.46. The number of rotatable bonds is 4. The zero-order chi connectivity index (χ0) is 12.3. The topological polar surface area (TPSA) is 72.5 Å². The third kappa shape index (κ3) is 2.73. The number of ether oxygens (including phenoxy) is 1. The number of carboxylic acids is 1. The van der Waals surface area contributed by atoms with E-state index in [1.165, 1.54) is 6.07 Å². The Morgan fingerprint density at radius 2 is 2.12 bits per heavy atom. The lowest BCUT2D eigenvalue weighted by atomic mass is 10.0. The van der Waals surface area contributed by atoms with E-state index in [0.717, 1.165) is 11.1 Å². The van der Waals surface area contributed by atoms with E-state index in [4.69, 9.17) is 15.6 Å². The highest BCUT2D eigenvalue weighted by molar-refractivity contribution is 5.94. The van der Waals surface area contributed by atoms with Crippen molar-refractivity contribution < 1.29 is 14.6 Å². The molecule has 1 rings (SSSR count). The maximum atomic E-state index is 10.8. The molecule has 3 N–H and O–H groups in total. The Morgan fingerprint density at radius 3 is 2.62 bits per heavy atom. The van der Waals surface area contributed by atoms with E-state index in [-0.39, 0.29) is 11.7 Å². The molecule has 0 aromatic heterocycles. The summed E-state index contributed by atoms with van der Waals surface area (Å²) in [6, 6.07) is 3.27. The van der Waals surface area contributed by atoms with Gasteiger partial charge in [-0.05, 0) is 38.0 Å². The van der Waals surface area contributed by atoms with E-state index in [1.54, 1.807) is 13.0 Å². The molecule has 0 saturated carbocycles. The van der Waals surface area contributed by atoms with E-state index >= 15 is 0 Å². The van der Waals surface area contributed by atoms with Crippen molar-refractivity contribution in [1.82, 2.24) is 0 Å². The molecule has 88 valence electrons. The van der Waals surface area contributed by atoms with E-state index in [2.05, 4.69) is 0 Å². The lowest BCUT2D eigenvalue weighted by molar-refractivity contribution is 0.0651. The Morgan fingerprint density at radius 1 is 1.50 bits per heavy atom. The molecule has 1 aromatic rings. The van der Waals surface area contributed by atoms with Crippen LogP contribution in [0.15, 0.2) is 12.1 Å².